The van der Waals surface area contributed by atoms with Crippen molar-refractivity contribution < 1.29 is 13.6 Å². The maximum absolute atomic E-state index is 13.3. The van der Waals surface area contributed by atoms with Crippen LogP contribution in [-0.2, 0) is 0 Å². The molecule has 0 aliphatic carbocycles. The zero-order valence-corrected chi connectivity index (χ0v) is 8.97. The minimum Gasteiger partial charge on any atom is -0.330 e. The normalized spacial score (nSPS) is 11.0. The van der Waals surface area contributed by atoms with Crippen LogP contribution in [0.4, 0.5) is 8.78 Å². The second-order valence-corrected chi connectivity index (χ2v) is 3.39. The fourth-order valence-corrected chi connectivity index (χ4v) is 1.27. The molecule has 0 aromatic heterocycles. The molecule has 0 aliphatic rings. The van der Waals surface area contributed by atoms with Crippen LogP contribution in [0.5, 0.6) is 0 Å². The number of nitrogens with two attached hydrogens (primary N) is 1. The monoisotopic (exact) mass is 225 g/mol. The van der Waals surface area contributed by atoms with E-state index in [1.165, 1.54) is 19.1 Å². The van der Waals surface area contributed by atoms with E-state index in [4.69, 9.17) is 5.73 Å². The smallest absolute Gasteiger partial charge is 0.162 e. The van der Waals surface area contributed by atoms with Gasteiger partial charge in [0.2, 0.25) is 0 Å². The minimum atomic E-state index is -0.832. The summed E-state index contributed by atoms with van der Waals surface area (Å²) in [6.07, 6.45) is 3.78. The summed E-state index contributed by atoms with van der Waals surface area (Å²) in [4.78, 5) is 11.1. The third kappa shape index (κ3) is 2.97. The standard InChI is InChI=1S/C12H13F2NO/c1-8(16)10-6-9(4-2-3-5-15)11(13)7-12(10)14/h2,4,6-7H,3,5,15H2,1H3. The predicted molar refractivity (Wildman–Crippen MR) is 59.1 cm³/mol. The molecule has 86 valence electrons. The minimum absolute atomic E-state index is 0.103. The van der Waals surface area contributed by atoms with Crippen molar-refractivity contribution in [1.82, 2.24) is 0 Å². The number of halogens is 2. The Morgan fingerprint density at radius 2 is 2.06 bits per heavy atom. The van der Waals surface area contributed by atoms with Crippen LogP contribution in [0.15, 0.2) is 18.2 Å². The van der Waals surface area contributed by atoms with Gasteiger partial charge in [-0.1, -0.05) is 12.2 Å². The van der Waals surface area contributed by atoms with Crippen LogP contribution in [0.25, 0.3) is 6.08 Å². The first-order valence-corrected chi connectivity index (χ1v) is 4.93. The van der Waals surface area contributed by atoms with Crippen LogP contribution in [0.1, 0.15) is 29.3 Å². The molecule has 1 aromatic carbocycles. The van der Waals surface area contributed by atoms with Gasteiger partial charge < -0.3 is 5.73 Å². The lowest BCUT2D eigenvalue weighted by Gasteiger charge is -2.02. The number of rotatable bonds is 4. The number of Topliss-reactive ketones (excluding diaryl/α,β-unsaturated/α-hetero) is 1. The van der Waals surface area contributed by atoms with Gasteiger partial charge in [0.25, 0.3) is 0 Å². The highest BCUT2D eigenvalue weighted by atomic mass is 19.1. The third-order valence-electron chi connectivity index (χ3n) is 2.10. The van der Waals surface area contributed by atoms with Gasteiger partial charge in [-0.3, -0.25) is 4.79 Å². The van der Waals surface area contributed by atoms with Gasteiger partial charge in [-0.05, 0) is 26.0 Å². The molecule has 0 amide bonds. The Bertz CT molecular complexity index is 427. The van der Waals surface area contributed by atoms with E-state index in [1.807, 2.05) is 0 Å². The molecule has 4 heteroatoms. The van der Waals surface area contributed by atoms with Crippen molar-refractivity contribution in [3.8, 4) is 0 Å². The molecule has 0 saturated heterocycles. The Morgan fingerprint density at radius 1 is 1.38 bits per heavy atom. The summed E-state index contributed by atoms with van der Waals surface area (Å²) in [6.45, 7) is 1.70. The Kier molecular flexibility index (Phi) is 4.31. The molecule has 0 unspecified atom stereocenters. The predicted octanol–water partition coefficient (Wildman–Crippen LogP) is 2.53. The Labute approximate surface area is 92.8 Å². The van der Waals surface area contributed by atoms with E-state index in [1.54, 1.807) is 6.08 Å². The van der Waals surface area contributed by atoms with Crippen molar-refractivity contribution in [2.24, 2.45) is 5.73 Å². The first-order valence-electron chi connectivity index (χ1n) is 4.93. The molecule has 1 aromatic rings. The molecule has 0 bridgehead atoms. The molecule has 0 spiro atoms. The molecule has 0 aliphatic heterocycles. The number of carbonyl (C=O) groups excluding carboxylic acids is 1. The molecule has 2 nitrogen and oxygen atoms in total. The molecule has 1 rings (SSSR count). The van der Waals surface area contributed by atoms with Crippen LogP contribution in [-0.4, -0.2) is 12.3 Å². The maximum atomic E-state index is 13.3. The fraction of sp³-hybridized carbons (Fsp3) is 0.250. The van der Waals surface area contributed by atoms with Gasteiger partial charge in [0, 0.05) is 11.6 Å². The largest absolute Gasteiger partial charge is 0.330 e. The Balaban J connectivity index is 3.09. The highest BCUT2D eigenvalue weighted by Gasteiger charge is 2.11. The summed E-state index contributed by atoms with van der Waals surface area (Å²) in [5.74, 6) is -1.94. The van der Waals surface area contributed by atoms with E-state index in [0.717, 1.165) is 6.07 Å². The van der Waals surface area contributed by atoms with E-state index in [0.29, 0.717) is 13.0 Å². The summed E-state index contributed by atoms with van der Waals surface area (Å²) in [7, 11) is 0. The number of ketones is 1. The van der Waals surface area contributed by atoms with Crippen molar-refractivity contribution in [1.29, 1.82) is 0 Å². The molecular weight excluding hydrogens is 212 g/mol. The van der Waals surface area contributed by atoms with Crippen molar-refractivity contribution in [2.45, 2.75) is 13.3 Å². The highest BCUT2D eigenvalue weighted by Crippen LogP contribution is 2.17. The van der Waals surface area contributed by atoms with Gasteiger partial charge in [0.05, 0.1) is 5.56 Å². The van der Waals surface area contributed by atoms with Crippen molar-refractivity contribution in [2.75, 3.05) is 6.54 Å². The van der Waals surface area contributed by atoms with Crippen molar-refractivity contribution >= 4 is 11.9 Å². The lowest BCUT2D eigenvalue weighted by Crippen LogP contribution is -2.00. The van der Waals surface area contributed by atoms with Crippen molar-refractivity contribution in [3.63, 3.8) is 0 Å². The SMILES string of the molecule is CC(=O)c1cc(C=CCCN)c(F)cc1F. The van der Waals surface area contributed by atoms with Crippen LogP contribution in [0.2, 0.25) is 0 Å². The molecule has 0 heterocycles. The highest BCUT2D eigenvalue weighted by molar-refractivity contribution is 5.94. The second-order valence-electron chi connectivity index (χ2n) is 3.39. The Hall–Kier alpha value is -1.55. The lowest BCUT2D eigenvalue weighted by atomic mass is 10.1. The van der Waals surface area contributed by atoms with Crippen LogP contribution in [0.3, 0.4) is 0 Å². The number of hydrogen-bond acceptors (Lipinski definition) is 2. The average molecular weight is 225 g/mol. The summed E-state index contributed by atoms with van der Waals surface area (Å²) < 4.78 is 26.5. The van der Waals surface area contributed by atoms with E-state index in [-0.39, 0.29) is 11.1 Å². The molecule has 2 N–H and O–H groups in total. The molecular formula is C12H13F2NO. The van der Waals surface area contributed by atoms with Gasteiger partial charge in [0.1, 0.15) is 11.6 Å². The molecule has 16 heavy (non-hydrogen) atoms. The van der Waals surface area contributed by atoms with Gasteiger partial charge in [0.15, 0.2) is 5.78 Å². The lowest BCUT2D eigenvalue weighted by molar-refractivity contribution is 0.101. The van der Waals surface area contributed by atoms with E-state index >= 15 is 0 Å². The van der Waals surface area contributed by atoms with Gasteiger partial charge in [-0.15, -0.1) is 0 Å². The van der Waals surface area contributed by atoms with E-state index < -0.39 is 17.4 Å². The summed E-state index contributed by atoms with van der Waals surface area (Å²) in [5.41, 5.74) is 5.37. The first-order chi connectivity index (χ1) is 7.56. The zero-order valence-electron chi connectivity index (χ0n) is 8.97. The van der Waals surface area contributed by atoms with E-state index in [2.05, 4.69) is 0 Å². The number of hydrogen-bond donors (Lipinski definition) is 1. The van der Waals surface area contributed by atoms with Gasteiger partial charge in [-0.25, -0.2) is 8.78 Å². The first kappa shape index (κ1) is 12.5. The molecule has 0 fully saturated rings. The average Bonchev–Trinajstić information content (AvgIpc) is 2.21. The van der Waals surface area contributed by atoms with Crippen LogP contribution in [0, 0.1) is 11.6 Å². The quantitative estimate of drug-likeness (QED) is 0.800. The second kappa shape index (κ2) is 5.51. The van der Waals surface area contributed by atoms with Crippen molar-refractivity contribution in [3.05, 3.63) is 41.0 Å². The molecule has 0 radical (unpaired) electrons. The summed E-state index contributed by atoms with van der Waals surface area (Å²) in [5, 5.41) is 0. The van der Waals surface area contributed by atoms with Gasteiger partial charge in [-0.2, -0.15) is 0 Å². The van der Waals surface area contributed by atoms with E-state index in [9.17, 15) is 13.6 Å². The van der Waals surface area contributed by atoms with Crippen LogP contribution < -0.4 is 5.73 Å². The third-order valence-corrected chi connectivity index (χ3v) is 2.10. The topological polar surface area (TPSA) is 43.1 Å². The maximum Gasteiger partial charge on any atom is 0.162 e. The Morgan fingerprint density at radius 3 is 2.62 bits per heavy atom. The fourth-order valence-electron chi connectivity index (χ4n) is 1.27. The number of carbonyl (C=O) groups is 1. The molecule has 0 atom stereocenters. The summed E-state index contributed by atoms with van der Waals surface area (Å²) in [6, 6.07) is 1.93. The number of benzene rings is 1. The van der Waals surface area contributed by atoms with Gasteiger partial charge >= 0.3 is 0 Å². The summed E-state index contributed by atoms with van der Waals surface area (Å²) >= 11 is 0. The van der Waals surface area contributed by atoms with Crippen LogP contribution >= 0.6 is 0 Å². The molecule has 0 saturated carbocycles. The zero-order chi connectivity index (χ0) is 12.1.